The van der Waals surface area contributed by atoms with Gasteiger partial charge in [0.25, 0.3) is 0 Å². The van der Waals surface area contributed by atoms with Crippen molar-refractivity contribution in [3.8, 4) is 0 Å². The van der Waals surface area contributed by atoms with E-state index in [4.69, 9.17) is 5.11 Å². The number of hydrogen-bond acceptors (Lipinski definition) is 2. The zero-order chi connectivity index (χ0) is 18.4. The van der Waals surface area contributed by atoms with Gasteiger partial charge in [0.05, 0.1) is 0 Å². The molecule has 0 fully saturated rings. The van der Waals surface area contributed by atoms with Crippen LogP contribution in [0.4, 0.5) is 0 Å². The summed E-state index contributed by atoms with van der Waals surface area (Å²) in [6.07, 6.45) is 1.99. The van der Waals surface area contributed by atoms with Gasteiger partial charge in [-0.15, -0.1) is 0 Å². The lowest BCUT2D eigenvalue weighted by molar-refractivity contribution is -0.132. The van der Waals surface area contributed by atoms with Crippen molar-refractivity contribution in [1.82, 2.24) is 4.90 Å². The summed E-state index contributed by atoms with van der Waals surface area (Å²) in [5, 5.41) is 11.0. The van der Waals surface area contributed by atoms with Crippen LogP contribution in [0.3, 0.4) is 0 Å². The lowest BCUT2D eigenvalue weighted by Gasteiger charge is -2.22. The van der Waals surface area contributed by atoms with Gasteiger partial charge in [0.1, 0.15) is 0 Å². The van der Waals surface area contributed by atoms with E-state index in [1.54, 1.807) is 4.90 Å². The number of fused-ring (bicyclic) bond motifs is 1. The van der Waals surface area contributed by atoms with E-state index in [0.717, 1.165) is 34.1 Å². The van der Waals surface area contributed by atoms with Crippen LogP contribution in [-0.4, -0.2) is 21.9 Å². The van der Waals surface area contributed by atoms with Gasteiger partial charge in [-0.2, -0.15) is 0 Å². The maximum absolute atomic E-state index is 12.6. The molecule has 4 heteroatoms. The Hall–Kier alpha value is -3.40. The first kappa shape index (κ1) is 17.4. The molecule has 3 aromatic carbocycles. The van der Waals surface area contributed by atoms with E-state index in [1.165, 1.54) is 0 Å². The topological polar surface area (TPSA) is 57.6 Å². The molecule has 0 aromatic heterocycles. The van der Waals surface area contributed by atoms with Crippen LogP contribution in [0.1, 0.15) is 11.1 Å². The molecule has 130 valence electrons. The number of benzene rings is 3. The fraction of sp³-hybridized carbons (Fsp3) is 0.0909. The Balaban J connectivity index is 1.91. The van der Waals surface area contributed by atoms with Crippen molar-refractivity contribution in [3.63, 3.8) is 0 Å². The number of carbonyl (C=O) groups excluding carboxylic acids is 1. The molecule has 0 atom stereocenters. The summed E-state index contributed by atoms with van der Waals surface area (Å²) in [5.74, 6) is -1.47. The molecule has 0 heterocycles. The molecule has 1 N–H and O–H groups in total. The van der Waals surface area contributed by atoms with E-state index in [0.29, 0.717) is 13.1 Å². The van der Waals surface area contributed by atoms with Crippen molar-refractivity contribution in [1.29, 1.82) is 0 Å². The van der Waals surface area contributed by atoms with E-state index in [-0.39, 0.29) is 5.91 Å². The summed E-state index contributed by atoms with van der Waals surface area (Å²) in [4.78, 5) is 25.0. The van der Waals surface area contributed by atoms with E-state index in [9.17, 15) is 9.59 Å². The molecule has 26 heavy (non-hydrogen) atoms. The van der Waals surface area contributed by atoms with Crippen molar-refractivity contribution in [2.24, 2.45) is 0 Å². The van der Waals surface area contributed by atoms with Gasteiger partial charge in [0.2, 0.25) is 5.91 Å². The van der Waals surface area contributed by atoms with Crippen LogP contribution in [0.2, 0.25) is 0 Å². The minimum Gasteiger partial charge on any atom is -0.478 e. The molecule has 0 aliphatic heterocycles. The fourth-order valence-corrected chi connectivity index (χ4v) is 2.90. The van der Waals surface area contributed by atoms with E-state index in [2.05, 4.69) is 0 Å². The highest BCUT2D eigenvalue weighted by Gasteiger charge is 2.14. The first-order valence-corrected chi connectivity index (χ1v) is 8.34. The lowest BCUT2D eigenvalue weighted by Crippen LogP contribution is -2.28. The molecule has 0 aliphatic rings. The summed E-state index contributed by atoms with van der Waals surface area (Å²) >= 11 is 0. The summed E-state index contributed by atoms with van der Waals surface area (Å²) < 4.78 is 0. The van der Waals surface area contributed by atoms with Gasteiger partial charge in [0, 0.05) is 25.2 Å². The van der Waals surface area contributed by atoms with Crippen LogP contribution in [0, 0.1) is 0 Å². The van der Waals surface area contributed by atoms with Gasteiger partial charge >= 0.3 is 5.97 Å². The van der Waals surface area contributed by atoms with Gasteiger partial charge in [0.15, 0.2) is 0 Å². The molecular formula is C22H19NO3. The van der Waals surface area contributed by atoms with Crippen molar-refractivity contribution >= 4 is 22.6 Å². The van der Waals surface area contributed by atoms with Crippen molar-refractivity contribution < 1.29 is 14.7 Å². The molecule has 0 aliphatic carbocycles. The zero-order valence-electron chi connectivity index (χ0n) is 14.2. The SMILES string of the molecule is O=C(O)/C=C/C(=O)N(Cc1ccccc1)Cc1cccc2ccccc12. The van der Waals surface area contributed by atoms with Gasteiger partial charge in [-0.05, 0) is 21.9 Å². The highest BCUT2D eigenvalue weighted by atomic mass is 16.4. The Morgan fingerprint density at radius 2 is 1.50 bits per heavy atom. The molecule has 0 spiro atoms. The Morgan fingerprint density at radius 1 is 0.808 bits per heavy atom. The Bertz CT molecular complexity index is 943. The average Bonchev–Trinajstić information content (AvgIpc) is 2.66. The highest BCUT2D eigenvalue weighted by molar-refractivity contribution is 5.94. The number of amides is 1. The maximum atomic E-state index is 12.6. The standard InChI is InChI=1S/C22H19NO3/c24-21(13-14-22(25)26)23(15-17-7-2-1-3-8-17)16-19-11-6-10-18-9-4-5-12-20(18)19/h1-14H,15-16H2,(H,25,26)/b14-13+. The van der Waals surface area contributed by atoms with Gasteiger partial charge in [-0.3, -0.25) is 4.79 Å². The van der Waals surface area contributed by atoms with Crippen LogP contribution in [-0.2, 0) is 22.7 Å². The third kappa shape index (κ3) is 4.36. The van der Waals surface area contributed by atoms with Crippen LogP contribution < -0.4 is 0 Å². The largest absolute Gasteiger partial charge is 0.478 e. The molecule has 0 saturated carbocycles. The van der Waals surface area contributed by atoms with Crippen LogP contribution in [0.25, 0.3) is 10.8 Å². The highest BCUT2D eigenvalue weighted by Crippen LogP contribution is 2.21. The Kier molecular flexibility index (Phi) is 5.44. The van der Waals surface area contributed by atoms with Crippen LogP contribution in [0.5, 0.6) is 0 Å². The third-order valence-corrected chi connectivity index (χ3v) is 4.14. The minimum absolute atomic E-state index is 0.329. The first-order valence-electron chi connectivity index (χ1n) is 8.34. The molecule has 0 unspecified atom stereocenters. The molecule has 0 saturated heterocycles. The molecule has 1 amide bonds. The number of aliphatic carboxylic acids is 1. The van der Waals surface area contributed by atoms with Gasteiger partial charge < -0.3 is 10.0 Å². The number of carbonyl (C=O) groups is 2. The second kappa shape index (κ2) is 8.12. The number of carboxylic acids is 1. The second-order valence-corrected chi connectivity index (χ2v) is 5.99. The van der Waals surface area contributed by atoms with Crippen LogP contribution >= 0.6 is 0 Å². The number of hydrogen-bond donors (Lipinski definition) is 1. The van der Waals surface area contributed by atoms with Crippen molar-refractivity contribution in [2.75, 3.05) is 0 Å². The fourth-order valence-electron chi connectivity index (χ4n) is 2.90. The zero-order valence-corrected chi connectivity index (χ0v) is 14.2. The summed E-state index contributed by atoms with van der Waals surface area (Å²) in [6.45, 7) is 0.811. The number of rotatable bonds is 6. The smallest absolute Gasteiger partial charge is 0.328 e. The van der Waals surface area contributed by atoms with Crippen molar-refractivity contribution in [2.45, 2.75) is 13.1 Å². The third-order valence-electron chi connectivity index (χ3n) is 4.14. The van der Waals surface area contributed by atoms with E-state index >= 15 is 0 Å². The van der Waals surface area contributed by atoms with Gasteiger partial charge in [-0.25, -0.2) is 4.79 Å². The monoisotopic (exact) mass is 345 g/mol. The summed E-state index contributed by atoms with van der Waals surface area (Å²) in [6, 6.07) is 23.7. The molecule has 0 radical (unpaired) electrons. The molecular weight excluding hydrogens is 326 g/mol. The predicted molar refractivity (Wildman–Crippen MR) is 101 cm³/mol. The first-order chi connectivity index (χ1) is 12.6. The maximum Gasteiger partial charge on any atom is 0.328 e. The van der Waals surface area contributed by atoms with Crippen molar-refractivity contribution in [3.05, 3.63) is 96.1 Å². The summed E-state index contributed by atoms with van der Waals surface area (Å²) in [5.41, 5.74) is 2.01. The lowest BCUT2D eigenvalue weighted by atomic mass is 10.0. The van der Waals surface area contributed by atoms with E-state index < -0.39 is 5.97 Å². The average molecular weight is 345 g/mol. The molecule has 4 nitrogen and oxygen atoms in total. The van der Waals surface area contributed by atoms with Crippen LogP contribution in [0.15, 0.2) is 84.9 Å². The van der Waals surface area contributed by atoms with Gasteiger partial charge in [-0.1, -0.05) is 72.8 Å². The van der Waals surface area contributed by atoms with E-state index in [1.807, 2.05) is 72.8 Å². The quantitative estimate of drug-likeness (QED) is 0.687. The molecule has 3 rings (SSSR count). The Morgan fingerprint density at radius 3 is 2.27 bits per heavy atom. The number of carboxylic acid groups (broad SMARTS) is 1. The molecule has 0 bridgehead atoms. The summed E-state index contributed by atoms with van der Waals surface area (Å²) in [7, 11) is 0. The predicted octanol–water partition coefficient (Wildman–Crippen LogP) is 4.01. The molecule has 3 aromatic rings. The second-order valence-electron chi connectivity index (χ2n) is 5.99. The number of nitrogens with zero attached hydrogens (tertiary/aromatic N) is 1. The Labute approximate surface area is 152 Å². The normalized spacial score (nSPS) is 10.9. The minimum atomic E-state index is -1.14.